The van der Waals surface area contributed by atoms with Gasteiger partial charge < -0.3 is 14.8 Å². The van der Waals surface area contributed by atoms with Crippen molar-refractivity contribution in [3.8, 4) is 11.5 Å². The van der Waals surface area contributed by atoms with Crippen LogP contribution >= 0.6 is 0 Å². The number of fused-ring (bicyclic) bond motifs is 1. The molecule has 1 N–H and O–H groups in total. The van der Waals surface area contributed by atoms with E-state index >= 15 is 0 Å². The molecule has 27 heavy (non-hydrogen) atoms. The predicted molar refractivity (Wildman–Crippen MR) is 98.6 cm³/mol. The zero-order valence-corrected chi connectivity index (χ0v) is 15.0. The first-order valence-corrected chi connectivity index (χ1v) is 8.69. The number of anilines is 1. The molecule has 3 rings (SSSR count). The van der Waals surface area contributed by atoms with Crippen LogP contribution in [0.4, 0.5) is 10.1 Å². The molecule has 0 aromatic heterocycles. The van der Waals surface area contributed by atoms with Crippen molar-refractivity contribution in [3.63, 3.8) is 0 Å². The zero-order valence-electron chi connectivity index (χ0n) is 15.0. The zero-order chi connectivity index (χ0) is 19.2. The monoisotopic (exact) mass is 372 g/mol. The standard InChI is InChI=1S/C20H21FN2O4/c1-26-16-6-2-4-14(10-16)5-3-9-22-19(24)12-23-17-11-15(21)7-8-18(17)27-13-20(23)25/h2,4,6-8,10-11H,3,5,9,12-13H2,1H3,(H,22,24). The minimum Gasteiger partial charge on any atom is -0.497 e. The number of rotatable bonds is 7. The largest absolute Gasteiger partial charge is 0.497 e. The summed E-state index contributed by atoms with van der Waals surface area (Å²) in [5.74, 6) is 0.0246. The van der Waals surface area contributed by atoms with Gasteiger partial charge in [0.05, 0.1) is 12.8 Å². The number of hydrogen-bond acceptors (Lipinski definition) is 4. The summed E-state index contributed by atoms with van der Waals surface area (Å²) in [7, 11) is 1.62. The lowest BCUT2D eigenvalue weighted by molar-refractivity contribution is -0.125. The molecule has 0 aliphatic carbocycles. The van der Waals surface area contributed by atoms with Gasteiger partial charge in [0, 0.05) is 12.6 Å². The van der Waals surface area contributed by atoms with Gasteiger partial charge in [0.15, 0.2) is 6.61 Å². The summed E-state index contributed by atoms with van der Waals surface area (Å²) in [6, 6.07) is 11.7. The lowest BCUT2D eigenvalue weighted by Crippen LogP contribution is -2.45. The topological polar surface area (TPSA) is 67.9 Å². The number of halogens is 1. The molecule has 0 unspecified atom stereocenters. The van der Waals surface area contributed by atoms with E-state index in [1.807, 2.05) is 24.3 Å². The van der Waals surface area contributed by atoms with E-state index in [-0.39, 0.29) is 30.7 Å². The molecule has 0 bridgehead atoms. The van der Waals surface area contributed by atoms with E-state index < -0.39 is 5.82 Å². The van der Waals surface area contributed by atoms with Crippen molar-refractivity contribution in [2.24, 2.45) is 0 Å². The number of benzene rings is 2. The van der Waals surface area contributed by atoms with E-state index in [0.717, 1.165) is 24.2 Å². The van der Waals surface area contributed by atoms with Gasteiger partial charge in [-0.1, -0.05) is 12.1 Å². The van der Waals surface area contributed by atoms with Crippen LogP contribution in [-0.2, 0) is 16.0 Å². The Kier molecular flexibility index (Phi) is 5.90. The second-order valence-electron chi connectivity index (χ2n) is 6.19. The summed E-state index contributed by atoms with van der Waals surface area (Å²) in [5.41, 5.74) is 1.40. The molecular formula is C20H21FN2O4. The summed E-state index contributed by atoms with van der Waals surface area (Å²) < 4.78 is 23.9. The highest BCUT2D eigenvalue weighted by Gasteiger charge is 2.27. The van der Waals surface area contributed by atoms with Crippen LogP contribution in [0.5, 0.6) is 11.5 Å². The van der Waals surface area contributed by atoms with E-state index in [9.17, 15) is 14.0 Å². The highest BCUT2D eigenvalue weighted by Crippen LogP contribution is 2.32. The highest BCUT2D eigenvalue weighted by molar-refractivity contribution is 6.02. The maximum Gasteiger partial charge on any atom is 0.265 e. The molecule has 142 valence electrons. The van der Waals surface area contributed by atoms with Crippen molar-refractivity contribution in [1.82, 2.24) is 5.32 Å². The van der Waals surface area contributed by atoms with Gasteiger partial charge in [-0.25, -0.2) is 4.39 Å². The Hall–Kier alpha value is -3.09. The van der Waals surface area contributed by atoms with Crippen molar-refractivity contribution in [2.45, 2.75) is 12.8 Å². The van der Waals surface area contributed by atoms with Crippen LogP contribution in [0.3, 0.4) is 0 Å². The number of carbonyl (C=O) groups is 2. The SMILES string of the molecule is COc1cccc(CCCNC(=O)CN2C(=O)COc3ccc(F)cc32)c1. The third kappa shape index (κ3) is 4.75. The first-order chi connectivity index (χ1) is 13.1. The van der Waals surface area contributed by atoms with Gasteiger partial charge in [0.1, 0.15) is 23.9 Å². The van der Waals surface area contributed by atoms with Gasteiger partial charge in [0.2, 0.25) is 5.91 Å². The quantitative estimate of drug-likeness (QED) is 0.758. The van der Waals surface area contributed by atoms with Gasteiger partial charge >= 0.3 is 0 Å². The maximum absolute atomic E-state index is 13.5. The normalized spacial score (nSPS) is 13.0. The van der Waals surface area contributed by atoms with Crippen LogP contribution < -0.4 is 19.7 Å². The third-order valence-electron chi connectivity index (χ3n) is 4.26. The third-order valence-corrected chi connectivity index (χ3v) is 4.26. The number of carbonyl (C=O) groups excluding carboxylic acids is 2. The summed E-state index contributed by atoms with van der Waals surface area (Å²) in [6.45, 7) is 0.143. The van der Waals surface area contributed by atoms with Gasteiger partial charge in [-0.3, -0.25) is 14.5 Å². The Morgan fingerprint density at radius 1 is 1.30 bits per heavy atom. The summed E-state index contributed by atoms with van der Waals surface area (Å²) in [4.78, 5) is 25.5. The molecule has 6 nitrogen and oxygen atoms in total. The van der Waals surface area contributed by atoms with Crippen molar-refractivity contribution >= 4 is 17.5 Å². The van der Waals surface area contributed by atoms with Crippen molar-refractivity contribution < 1.29 is 23.5 Å². The predicted octanol–water partition coefficient (Wildman–Crippen LogP) is 2.31. The summed E-state index contributed by atoms with van der Waals surface area (Å²) >= 11 is 0. The number of nitrogens with one attached hydrogen (secondary N) is 1. The van der Waals surface area contributed by atoms with Gasteiger partial charge in [-0.2, -0.15) is 0 Å². The molecule has 0 saturated heterocycles. The fraction of sp³-hybridized carbons (Fsp3) is 0.300. The number of aryl methyl sites for hydroxylation is 1. The second kappa shape index (κ2) is 8.53. The second-order valence-corrected chi connectivity index (χ2v) is 6.19. The summed E-state index contributed by atoms with van der Waals surface area (Å²) in [5, 5.41) is 2.80. The highest BCUT2D eigenvalue weighted by atomic mass is 19.1. The van der Waals surface area contributed by atoms with Crippen LogP contribution in [0.2, 0.25) is 0 Å². The molecule has 0 radical (unpaired) electrons. The van der Waals surface area contributed by atoms with Crippen LogP contribution in [0.25, 0.3) is 0 Å². The number of ether oxygens (including phenoxy) is 2. The number of nitrogens with zero attached hydrogens (tertiary/aromatic N) is 1. The molecule has 2 aromatic carbocycles. The fourth-order valence-electron chi connectivity index (χ4n) is 2.90. The van der Waals surface area contributed by atoms with E-state index in [2.05, 4.69) is 5.32 Å². The molecule has 0 saturated carbocycles. The molecule has 1 aliphatic rings. The summed E-state index contributed by atoms with van der Waals surface area (Å²) in [6.07, 6.45) is 1.54. The van der Waals surface area contributed by atoms with Gasteiger partial charge in [-0.15, -0.1) is 0 Å². The fourth-order valence-corrected chi connectivity index (χ4v) is 2.90. The molecule has 7 heteroatoms. The van der Waals surface area contributed by atoms with E-state index in [0.29, 0.717) is 12.3 Å². The average Bonchev–Trinajstić information content (AvgIpc) is 2.68. The van der Waals surface area contributed by atoms with Crippen molar-refractivity contribution in [2.75, 3.05) is 31.7 Å². The van der Waals surface area contributed by atoms with Crippen molar-refractivity contribution in [1.29, 1.82) is 0 Å². The number of amides is 2. The molecule has 0 atom stereocenters. The Labute approximate surface area is 156 Å². The minimum absolute atomic E-state index is 0.165. The van der Waals surface area contributed by atoms with Gasteiger partial charge in [0.25, 0.3) is 5.91 Å². The number of hydrogen-bond donors (Lipinski definition) is 1. The van der Waals surface area contributed by atoms with Crippen LogP contribution in [-0.4, -0.2) is 38.6 Å². The molecule has 0 spiro atoms. The Morgan fingerprint density at radius 2 is 2.15 bits per heavy atom. The van der Waals surface area contributed by atoms with Gasteiger partial charge in [-0.05, 0) is 42.7 Å². The molecule has 1 heterocycles. The van der Waals surface area contributed by atoms with E-state index in [4.69, 9.17) is 9.47 Å². The van der Waals surface area contributed by atoms with Crippen LogP contribution in [0, 0.1) is 5.82 Å². The maximum atomic E-state index is 13.5. The first-order valence-electron chi connectivity index (χ1n) is 8.69. The molecule has 2 amide bonds. The van der Waals surface area contributed by atoms with E-state index in [1.165, 1.54) is 23.1 Å². The Bertz CT molecular complexity index is 840. The Morgan fingerprint density at radius 3 is 2.96 bits per heavy atom. The number of methoxy groups -OCH3 is 1. The lowest BCUT2D eigenvalue weighted by Gasteiger charge is -2.28. The van der Waals surface area contributed by atoms with Crippen LogP contribution in [0.1, 0.15) is 12.0 Å². The van der Waals surface area contributed by atoms with E-state index in [1.54, 1.807) is 7.11 Å². The molecule has 0 fully saturated rings. The molecule has 2 aromatic rings. The van der Waals surface area contributed by atoms with Crippen LogP contribution in [0.15, 0.2) is 42.5 Å². The molecule has 1 aliphatic heterocycles. The Balaban J connectivity index is 1.51. The lowest BCUT2D eigenvalue weighted by atomic mass is 10.1. The smallest absolute Gasteiger partial charge is 0.265 e. The first kappa shape index (κ1) is 18.7. The minimum atomic E-state index is -0.490. The van der Waals surface area contributed by atoms with Crippen molar-refractivity contribution in [3.05, 3.63) is 53.8 Å². The molecular weight excluding hydrogens is 351 g/mol. The average molecular weight is 372 g/mol.